The van der Waals surface area contributed by atoms with Gasteiger partial charge in [-0.25, -0.2) is 9.97 Å². The van der Waals surface area contributed by atoms with Crippen molar-refractivity contribution >= 4 is 10.8 Å². The van der Waals surface area contributed by atoms with Crippen LogP contribution in [0.5, 0.6) is 11.5 Å². The van der Waals surface area contributed by atoms with E-state index in [4.69, 9.17) is 14.7 Å². The van der Waals surface area contributed by atoms with Crippen molar-refractivity contribution in [2.75, 3.05) is 0 Å². The summed E-state index contributed by atoms with van der Waals surface area (Å²) in [5, 5.41) is 11.8. The number of hydrogen-bond acceptors (Lipinski definition) is 4. The van der Waals surface area contributed by atoms with Crippen molar-refractivity contribution in [2.45, 2.75) is 5.41 Å². The summed E-state index contributed by atoms with van der Waals surface area (Å²) < 4.78 is 6.66. The third kappa shape index (κ3) is 4.78. The van der Waals surface area contributed by atoms with Crippen LogP contribution in [0.1, 0.15) is 27.8 Å². The lowest BCUT2D eigenvalue weighted by Crippen LogP contribution is -2.32. The highest BCUT2D eigenvalue weighted by Crippen LogP contribution is 2.62. The van der Waals surface area contributed by atoms with Crippen molar-refractivity contribution < 1.29 is 4.74 Å². The van der Waals surface area contributed by atoms with Gasteiger partial charge in [-0.15, -0.1) is 0 Å². The maximum Gasteiger partial charge on any atom is 0.160 e. The van der Waals surface area contributed by atoms with Crippen LogP contribution in [0.25, 0.3) is 66.9 Å². The minimum atomic E-state index is -0.690. The fraction of sp³-hybridized carbons (Fsp3) is 0.0192. The van der Waals surface area contributed by atoms with E-state index in [1.807, 2.05) is 42.5 Å². The molecule has 1 aromatic heterocycles. The summed E-state index contributed by atoms with van der Waals surface area (Å²) in [6.45, 7) is 0. The molecular formula is C52H31N3O. The maximum absolute atomic E-state index is 9.50. The molecule has 4 heteroatoms. The van der Waals surface area contributed by atoms with E-state index in [9.17, 15) is 5.26 Å². The minimum absolute atomic E-state index is 0.640. The lowest BCUT2D eigenvalue weighted by Gasteiger charge is -2.39. The van der Waals surface area contributed by atoms with Crippen molar-refractivity contribution in [1.29, 1.82) is 5.26 Å². The molecule has 0 N–H and O–H groups in total. The molecule has 8 aromatic carbocycles. The van der Waals surface area contributed by atoms with E-state index >= 15 is 0 Å². The zero-order valence-corrected chi connectivity index (χ0v) is 30.1. The van der Waals surface area contributed by atoms with Crippen LogP contribution in [-0.4, -0.2) is 9.97 Å². The molecule has 4 nitrogen and oxygen atoms in total. The molecule has 9 aromatic rings. The van der Waals surface area contributed by atoms with Crippen molar-refractivity contribution in [2.24, 2.45) is 0 Å². The molecule has 0 unspecified atom stereocenters. The molecule has 56 heavy (non-hydrogen) atoms. The van der Waals surface area contributed by atoms with Gasteiger partial charge in [0.15, 0.2) is 5.82 Å². The van der Waals surface area contributed by atoms with Gasteiger partial charge in [0.05, 0.1) is 28.4 Å². The van der Waals surface area contributed by atoms with E-state index in [1.54, 1.807) is 0 Å². The molecule has 1 aliphatic heterocycles. The fourth-order valence-corrected chi connectivity index (χ4v) is 8.87. The van der Waals surface area contributed by atoms with E-state index in [0.29, 0.717) is 11.4 Å². The van der Waals surface area contributed by atoms with Crippen molar-refractivity contribution in [3.63, 3.8) is 0 Å². The molecule has 1 aliphatic carbocycles. The molecule has 0 atom stereocenters. The molecule has 260 valence electrons. The van der Waals surface area contributed by atoms with E-state index in [0.717, 1.165) is 78.3 Å². The number of fused-ring (bicyclic) bond motifs is 10. The van der Waals surface area contributed by atoms with Crippen LogP contribution in [0.15, 0.2) is 188 Å². The predicted octanol–water partition coefficient (Wildman–Crippen LogP) is 12.6. The van der Waals surface area contributed by atoms with Gasteiger partial charge < -0.3 is 4.74 Å². The van der Waals surface area contributed by atoms with Crippen LogP contribution < -0.4 is 4.74 Å². The second-order valence-electron chi connectivity index (χ2n) is 14.4. The van der Waals surface area contributed by atoms with Gasteiger partial charge in [-0.05, 0) is 86.6 Å². The van der Waals surface area contributed by atoms with Gasteiger partial charge in [0.2, 0.25) is 0 Å². The smallest absolute Gasteiger partial charge is 0.160 e. The number of benzene rings is 8. The summed E-state index contributed by atoms with van der Waals surface area (Å²) >= 11 is 0. The number of ether oxygens (including phenoxy) is 1. The Bertz CT molecular complexity index is 3020. The van der Waals surface area contributed by atoms with Crippen LogP contribution >= 0.6 is 0 Å². The Labute approximate surface area is 324 Å². The first kappa shape index (κ1) is 31.9. The number of rotatable bonds is 4. The van der Waals surface area contributed by atoms with Gasteiger partial charge in [0.1, 0.15) is 11.5 Å². The maximum atomic E-state index is 9.50. The topological polar surface area (TPSA) is 58.8 Å². The average molecular weight is 714 g/mol. The molecule has 0 radical (unpaired) electrons. The SMILES string of the molecule is N#Cc1ccc(-c2ccc3c(c2)C2(c4ccccc4Oc4ccccc42)c2cc(-c4nc(-c5ccccc5)cc(-c5cccc6ccccc56)n4)ccc2-3)cc1. The number of nitrogens with zero attached hydrogens (tertiary/aromatic N) is 3. The number of nitriles is 1. The largest absolute Gasteiger partial charge is 0.457 e. The van der Waals surface area contributed by atoms with Gasteiger partial charge in [0.25, 0.3) is 0 Å². The highest BCUT2D eigenvalue weighted by molar-refractivity contribution is 5.97. The Hall–Kier alpha value is -7.61. The number of para-hydroxylation sites is 2. The van der Waals surface area contributed by atoms with Crippen molar-refractivity contribution in [1.82, 2.24) is 9.97 Å². The summed E-state index contributed by atoms with van der Waals surface area (Å²) in [6, 6.07) is 67.8. The first-order chi connectivity index (χ1) is 27.7. The first-order valence-corrected chi connectivity index (χ1v) is 18.8. The molecule has 0 saturated carbocycles. The molecule has 11 rings (SSSR count). The Morgan fingerprint density at radius 3 is 1.75 bits per heavy atom. The van der Waals surface area contributed by atoms with Crippen molar-refractivity contribution in [3.8, 4) is 73.7 Å². The summed E-state index contributed by atoms with van der Waals surface area (Å²) in [5.74, 6) is 2.33. The van der Waals surface area contributed by atoms with E-state index in [2.05, 4.69) is 152 Å². The third-order valence-electron chi connectivity index (χ3n) is 11.4. The lowest BCUT2D eigenvalue weighted by molar-refractivity contribution is 0.436. The number of hydrogen-bond donors (Lipinski definition) is 0. The molecule has 0 saturated heterocycles. The van der Waals surface area contributed by atoms with Crippen LogP contribution in [0.4, 0.5) is 0 Å². The molecule has 1 spiro atoms. The fourth-order valence-electron chi connectivity index (χ4n) is 8.87. The van der Waals surface area contributed by atoms with E-state index in [1.165, 1.54) is 16.5 Å². The lowest BCUT2D eigenvalue weighted by atomic mass is 9.65. The number of aromatic nitrogens is 2. The average Bonchev–Trinajstić information content (AvgIpc) is 3.55. The normalized spacial score (nSPS) is 12.9. The van der Waals surface area contributed by atoms with E-state index in [-0.39, 0.29) is 0 Å². The zero-order valence-electron chi connectivity index (χ0n) is 30.1. The third-order valence-corrected chi connectivity index (χ3v) is 11.4. The van der Waals surface area contributed by atoms with Crippen LogP contribution in [0.3, 0.4) is 0 Å². The zero-order chi connectivity index (χ0) is 37.2. The standard InChI is InChI=1S/C52H31N3O/c53-32-33-21-23-34(24-22-33)37-25-27-40-41-28-26-38(30-46(41)52(45(40)29-37)43-17-6-8-19-49(43)56-50-20-9-7-18-44(50)52)51-54-47(36-12-2-1-3-13-36)31-48(55-51)42-16-10-14-35-11-4-5-15-39(35)42/h1-31H. The quantitative estimate of drug-likeness (QED) is 0.182. The summed E-state index contributed by atoms with van der Waals surface area (Å²) in [5.41, 5.74) is 13.7. The van der Waals surface area contributed by atoms with Gasteiger partial charge in [-0.2, -0.15) is 5.26 Å². The summed E-state index contributed by atoms with van der Waals surface area (Å²) in [4.78, 5) is 10.6. The summed E-state index contributed by atoms with van der Waals surface area (Å²) in [6.07, 6.45) is 0. The predicted molar refractivity (Wildman–Crippen MR) is 223 cm³/mol. The second-order valence-corrected chi connectivity index (χ2v) is 14.4. The minimum Gasteiger partial charge on any atom is -0.457 e. The van der Waals surface area contributed by atoms with Gasteiger partial charge in [-0.3, -0.25) is 0 Å². The van der Waals surface area contributed by atoms with Gasteiger partial charge in [0, 0.05) is 27.8 Å². The Balaban J connectivity index is 1.18. The Morgan fingerprint density at radius 2 is 1.02 bits per heavy atom. The van der Waals surface area contributed by atoms with Crippen LogP contribution in [-0.2, 0) is 5.41 Å². The Morgan fingerprint density at radius 1 is 0.429 bits per heavy atom. The van der Waals surface area contributed by atoms with Gasteiger partial charge in [-0.1, -0.05) is 146 Å². The Kier molecular flexibility index (Phi) is 7.10. The summed E-state index contributed by atoms with van der Waals surface area (Å²) in [7, 11) is 0. The highest BCUT2D eigenvalue weighted by atomic mass is 16.5. The molecule has 0 bridgehead atoms. The molecular weight excluding hydrogens is 683 g/mol. The van der Waals surface area contributed by atoms with Crippen molar-refractivity contribution in [3.05, 3.63) is 216 Å². The van der Waals surface area contributed by atoms with Crippen LogP contribution in [0.2, 0.25) is 0 Å². The first-order valence-electron chi connectivity index (χ1n) is 18.8. The van der Waals surface area contributed by atoms with E-state index < -0.39 is 5.41 Å². The molecule has 2 aliphatic rings. The van der Waals surface area contributed by atoms with Crippen LogP contribution in [0, 0.1) is 11.3 Å². The second kappa shape index (κ2) is 12.5. The molecule has 0 fully saturated rings. The molecule has 0 amide bonds. The highest BCUT2D eigenvalue weighted by Gasteiger charge is 2.51. The van der Waals surface area contributed by atoms with Gasteiger partial charge >= 0.3 is 0 Å². The molecule has 2 heterocycles. The monoisotopic (exact) mass is 713 g/mol.